The van der Waals surface area contributed by atoms with Gasteiger partial charge in [-0.3, -0.25) is 9.69 Å². The van der Waals surface area contributed by atoms with Gasteiger partial charge in [0.05, 0.1) is 33.3 Å². The third-order valence-corrected chi connectivity index (χ3v) is 5.38. The number of methoxy groups -OCH3 is 3. The minimum Gasteiger partial charge on any atom is -0.497 e. The Bertz CT molecular complexity index is 814. The lowest BCUT2D eigenvalue weighted by Crippen LogP contribution is -2.39. The number of carboxylic acids is 1. The number of benzene rings is 2. The molecular weight excluding hydrogens is 358 g/mol. The summed E-state index contributed by atoms with van der Waals surface area (Å²) in [6.45, 7) is 1.39. The Morgan fingerprint density at radius 1 is 1.00 bits per heavy atom. The van der Waals surface area contributed by atoms with E-state index in [0.717, 1.165) is 28.4 Å². The zero-order chi connectivity index (χ0) is 20.1. The molecule has 3 rings (SSSR count). The van der Waals surface area contributed by atoms with Crippen molar-refractivity contribution in [1.82, 2.24) is 4.90 Å². The van der Waals surface area contributed by atoms with Crippen molar-refractivity contribution >= 4 is 5.97 Å². The first kappa shape index (κ1) is 20.0. The minimum atomic E-state index is -0.712. The molecule has 1 N–H and O–H groups in total. The fourth-order valence-electron chi connectivity index (χ4n) is 3.86. The number of ether oxygens (including phenoxy) is 3. The molecule has 6 heteroatoms. The highest BCUT2D eigenvalue weighted by Gasteiger charge is 2.32. The van der Waals surface area contributed by atoms with E-state index in [4.69, 9.17) is 14.2 Å². The average Bonchev–Trinajstić information content (AvgIpc) is 2.74. The molecule has 0 bridgehead atoms. The number of carbonyl (C=O) groups is 1. The molecule has 1 fully saturated rings. The number of rotatable bonds is 7. The maximum Gasteiger partial charge on any atom is 0.306 e. The van der Waals surface area contributed by atoms with Gasteiger partial charge in [-0.15, -0.1) is 0 Å². The largest absolute Gasteiger partial charge is 0.497 e. The smallest absolute Gasteiger partial charge is 0.306 e. The zero-order valence-corrected chi connectivity index (χ0v) is 16.6. The molecule has 0 amide bonds. The molecule has 0 saturated carbocycles. The van der Waals surface area contributed by atoms with E-state index in [-0.39, 0.29) is 12.0 Å². The molecule has 150 valence electrons. The maximum absolute atomic E-state index is 11.4. The van der Waals surface area contributed by atoms with Gasteiger partial charge in [0, 0.05) is 5.56 Å². The molecular formula is C22H27NO5. The van der Waals surface area contributed by atoms with Crippen molar-refractivity contribution in [3.05, 3.63) is 53.6 Å². The van der Waals surface area contributed by atoms with Gasteiger partial charge in [-0.05, 0) is 61.8 Å². The number of likely N-dealkylation sites (tertiary alicyclic amines) is 1. The second-order valence-corrected chi connectivity index (χ2v) is 6.94. The number of nitrogens with zero attached hydrogens (tertiary/aromatic N) is 1. The Balaban J connectivity index is 2.04. The van der Waals surface area contributed by atoms with E-state index in [0.29, 0.717) is 25.9 Å². The van der Waals surface area contributed by atoms with Crippen LogP contribution in [0, 0.1) is 5.92 Å². The van der Waals surface area contributed by atoms with E-state index >= 15 is 0 Å². The first-order valence-electron chi connectivity index (χ1n) is 9.40. The van der Waals surface area contributed by atoms with Crippen LogP contribution in [0.4, 0.5) is 0 Å². The van der Waals surface area contributed by atoms with Crippen molar-refractivity contribution in [2.45, 2.75) is 18.9 Å². The van der Waals surface area contributed by atoms with Crippen molar-refractivity contribution in [3.8, 4) is 17.2 Å². The Kier molecular flexibility index (Phi) is 6.41. The van der Waals surface area contributed by atoms with Gasteiger partial charge in [-0.25, -0.2) is 0 Å². The van der Waals surface area contributed by atoms with Gasteiger partial charge in [-0.2, -0.15) is 0 Å². The van der Waals surface area contributed by atoms with Gasteiger partial charge in [0.25, 0.3) is 0 Å². The van der Waals surface area contributed by atoms with Crippen LogP contribution in [0.1, 0.15) is 30.0 Å². The summed E-state index contributed by atoms with van der Waals surface area (Å²) in [5.74, 6) is 1.31. The van der Waals surface area contributed by atoms with E-state index in [1.165, 1.54) is 0 Å². The number of hydrogen-bond donors (Lipinski definition) is 1. The van der Waals surface area contributed by atoms with Gasteiger partial charge in [-0.1, -0.05) is 12.1 Å². The summed E-state index contributed by atoms with van der Waals surface area (Å²) in [6, 6.07) is 13.7. The summed E-state index contributed by atoms with van der Waals surface area (Å²) in [5, 5.41) is 9.34. The normalized spacial score (nSPS) is 16.4. The highest BCUT2D eigenvalue weighted by molar-refractivity contribution is 5.70. The first-order valence-corrected chi connectivity index (χ1v) is 9.40. The molecule has 1 saturated heterocycles. The predicted octanol–water partition coefficient (Wildman–Crippen LogP) is 3.60. The number of hydrogen-bond acceptors (Lipinski definition) is 5. The highest BCUT2D eigenvalue weighted by atomic mass is 16.5. The van der Waals surface area contributed by atoms with Gasteiger partial charge in [0.1, 0.15) is 17.2 Å². The quantitative estimate of drug-likeness (QED) is 0.785. The third kappa shape index (κ3) is 4.22. The van der Waals surface area contributed by atoms with Crippen LogP contribution in [0.5, 0.6) is 17.2 Å². The molecule has 1 aliphatic heterocycles. The van der Waals surface area contributed by atoms with Gasteiger partial charge in [0.2, 0.25) is 0 Å². The zero-order valence-electron chi connectivity index (χ0n) is 16.6. The molecule has 0 spiro atoms. The average molecular weight is 385 g/mol. The second kappa shape index (κ2) is 8.97. The molecule has 0 aliphatic carbocycles. The fourth-order valence-corrected chi connectivity index (χ4v) is 3.86. The molecule has 1 heterocycles. The molecule has 1 unspecified atom stereocenters. The van der Waals surface area contributed by atoms with Crippen LogP contribution in [0.25, 0.3) is 0 Å². The van der Waals surface area contributed by atoms with Gasteiger partial charge in [0.15, 0.2) is 0 Å². The maximum atomic E-state index is 11.4. The minimum absolute atomic E-state index is 0.0881. The fraction of sp³-hybridized carbons (Fsp3) is 0.409. The lowest BCUT2D eigenvalue weighted by molar-refractivity contribution is -0.143. The Morgan fingerprint density at radius 2 is 1.68 bits per heavy atom. The summed E-state index contributed by atoms with van der Waals surface area (Å²) in [6.07, 6.45) is 1.25. The lowest BCUT2D eigenvalue weighted by atomic mass is 9.90. The summed E-state index contributed by atoms with van der Waals surface area (Å²) in [4.78, 5) is 13.7. The van der Waals surface area contributed by atoms with Gasteiger partial charge >= 0.3 is 5.97 Å². The van der Waals surface area contributed by atoms with E-state index < -0.39 is 5.97 Å². The van der Waals surface area contributed by atoms with Crippen LogP contribution >= 0.6 is 0 Å². The van der Waals surface area contributed by atoms with Crippen LogP contribution in [0.2, 0.25) is 0 Å². The molecule has 28 heavy (non-hydrogen) atoms. The molecule has 1 aliphatic rings. The molecule has 2 aromatic rings. The topological polar surface area (TPSA) is 68.2 Å². The van der Waals surface area contributed by atoms with E-state index in [1.807, 2.05) is 36.4 Å². The summed E-state index contributed by atoms with van der Waals surface area (Å²) < 4.78 is 16.5. The standard InChI is InChI=1S/C22H27NO5/c1-26-17-6-4-5-16(13-17)21(23-11-9-15(10-12-23)22(24)25)19-14-18(27-2)7-8-20(19)28-3/h4-8,13-15,21H,9-12H2,1-3H3,(H,24,25). The van der Waals surface area contributed by atoms with Crippen LogP contribution in [0.3, 0.4) is 0 Å². The molecule has 6 nitrogen and oxygen atoms in total. The summed E-state index contributed by atoms with van der Waals surface area (Å²) >= 11 is 0. The lowest BCUT2D eigenvalue weighted by Gasteiger charge is -2.37. The van der Waals surface area contributed by atoms with Crippen molar-refractivity contribution in [2.24, 2.45) is 5.92 Å². The predicted molar refractivity (Wildman–Crippen MR) is 106 cm³/mol. The SMILES string of the molecule is COc1cccc(C(c2cc(OC)ccc2OC)N2CCC(C(=O)O)CC2)c1. The Morgan fingerprint density at radius 3 is 2.29 bits per heavy atom. The van der Waals surface area contributed by atoms with E-state index in [1.54, 1.807) is 21.3 Å². The van der Waals surface area contributed by atoms with Crippen LogP contribution in [-0.2, 0) is 4.79 Å². The van der Waals surface area contributed by atoms with Crippen LogP contribution in [0.15, 0.2) is 42.5 Å². The van der Waals surface area contributed by atoms with Crippen molar-refractivity contribution in [2.75, 3.05) is 34.4 Å². The monoisotopic (exact) mass is 385 g/mol. The van der Waals surface area contributed by atoms with Crippen LogP contribution in [-0.4, -0.2) is 50.4 Å². The summed E-state index contributed by atoms with van der Waals surface area (Å²) in [7, 11) is 4.95. The second-order valence-electron chi connectivity index (χ2n) is 6.94. The van der Waals surface area contributed by atoms with E-state index in [9.17, 15) is 9.90 Å². The molecule has 0 radical (unpaired) electrons. The van der Waals surface area contributed by atoms with E-state index in [2.05, 4.69) is 11.0 Å². The number of carboxylic acid groups (broad SMARTS) is 1. The highest BCUT2D eigenvalue weighted by Crippen LogP contribution is 2.39. The number of aliphatic carboxylic acids is 1. The summed E-state index contributed by atoms with van der Waals surface area (Å²) in [5.41, 5.74) is 2.06. The Hall–Kier alpha value is -2.73. The van der Waals surface area contributed by atoms with Crippen molar-refractivity contribution < 1.29 is 24.1 Å². The van der Waals surface area contributed by atoms with Crippen LogP contribution < -0.4 is 14.2 Å². The van der Waals surface area contributed by atoms with Crippen molar-refractivity contribution in [3.63, 3.8) is 0 Å². The molecule has 0 aromatic heterocycles. The molecule has 1 atom stereocenters. The Labute approximate surface area is 165 Å². The molecule has 2 aromatic carbocycles. The van der Waals surface area contributed by atoms with Gasteiger partial charge < -0.3 is 19.3 Å². The third-order valence-electron chi connectivity index (χ3n) is 5.38. The van der Waals surface area contributed by atoms with Crippen molar-refractivity contribution in [1.29, 1.82) is 0 Å². The first-order chi connectivity index (χ1) is 13.6. The number of piperidine rings is 1.